The van der Waals surface area contributed by atoms with Crippen molar-refractivity contribution >= 4 is 23.8 Å². The highest BCUT2D eigenvalue weighted by Gasteiger charge is 2.64. The van der Waals surface area contributed by atoms with Crippen LogP contribution in [0, 0.1) is 22.2 Å². The predicted octanol–water partition coefficient (Wildman–Crippen LogP) is 5.57. The molecule has 7 heteroatoms. The fourth-order valence-corrected chi connectivity index (χ4v) is 5.25. The van der Waals surface area contributed by atoms with Crippen molar-refractivity contribution in [2.75, 3.05) is 6.61 Å². The Morgan fingerprint density at radius 3 is 2.32 bits per heavy atom. The van der Waals surface area contributed by atoms with Gasteiger partial charge in [-0.25, -0.2) is 0 Å². The molecule has 6 nitrogen and oxygen atoms in total. The highest BCUT2D eigenvalue weighted by atomic mass is 35.5. The van der Waals surface area contributed by atoms with Gasteiger partial charge in [-0.2, -0.15) is 5.26 Å². The van der Waals surface area contributed by atoms with Gasteiger partial charge in [-0.1, -0.05) is 39.3 Å². The normalized spacial score (nSPS) is 19.9. The maximum atomic E-state index is 13.0. The van der Waals surface area contributed by atoms with Crippen LogP contribution in [0.4, 0.5) is 0 Å². The summed E-state index contributed by atoms with van der Waals surface area (Å²) >= 11 is 6.16. The van der Waals surface area contributed by atoms with Crippen LogP contribution in [0.15, 0.2) is 42.5 Å². The summed E-state index contributed by atoms with van der Waals surface area (Å²) in [7, 11) is 0. The van der Waals surface area contributed by atoms with Gasteiger partial charge in [0, 0.05) is 34.9 Å². The number of halogens is 1. The molecule has 1 aliphatic carbocycles. The number of benzene rings is 2. The minimum absolute atomic E-state index is 0.111. The van der Waals surface area contributed by atoms with E-state index < -0.39 is 0 Å². The van der Waals surface area contributed by atoms with Crippen molar-refractivity contribution in [3.63, 3.8) is 0 Å². The van der Waals surface area contributed by atoms with E-state index in [0.29, 0.717) is 40.7 Å². The van der Waals surface area contributed by atoms with Crippen LogP contribution in [0.1, 0.15) is 62.9 Å². The van der Waals surface area contributed by atoms with Gasteiger partial charge in [0.25, 0.3) is 5.91 Å². The van der Waals surface area contributed by atoms with Crippen molar-refractivity contribution in [2.24, 2.45) is 10.8 Å². The molecule has 2 aromatic rings. The molecule has 1 saturated carbocycles. The molecule has 0 radical (unpaired) electrons. The summed E-state index contributed by atoms with van der Waals surface area (Å²) in [6.07, 6.45) is 2.91. The van der Waals surface area contributed by atoms with Gasteiger partial charge < -0.3 is 19.6 Å². The maximum Gasteiger partial charge on any atom is 0.251 e. The molecule has 0 spiro atoms. The zero-order valence-electron chi connectivity index (χ0n) is 20.1. The monoisotopic (exact) mass is 482 g/mol. The van der Waals surface area contributed by atoms with E-state index in [2.05, 4.69) is 33.0 Å². The highest BCUT2D eigenvalue weighted by molar-refractivity contribution is 6.31. The van der Waals surface area contributed by atoms with Crippen LogP contribution < -0.4 is 14.8 Å². The molecular formula is C27H31ClN2O4. The lowest BCUT2D eigenvalue weighted by atomic mass is 9.49. The molecule has 1 fully saturated rings. The maximum absolute atomic E-state index is 13.0. The Morgan fingerprint density at radius 2 is 1.74 bits per heavy atom. The minimum atomic E-state index is -0.329. The van der Waals surface area contributed by atoms with Crippen LogP contribution >= 0.6 is 11.6 Å². The van der Waals surface area contributed by atoms with E-state index in [9.17, 15) is 9.59 Å². The molecule has 1 N–H and O–H groups in total. The summed E-state index contributed by atoms with van der Waals surface area (Å²) < 4.78 is 11.9. The number of carbonyl (C=O) groups is 2. The SMILES string of the molecule is CC1(C)C(NC(=O)c2ccc(OCCCCC=O)cc2)C(C)(C)C1Oc1ccc(C#N)c(Cl)c1. The lowest BCUT2D eigenvalue weighted by Crippen LogP contribution is -2.74. The largest absolute Gasteiger partial charge is 0.494 e. The number of nitrogens with zero attached hydrogens (tertiary/aromatic N) is 1. The van der Waals surface area contributed by atoms with E-state index in [4.69, 9.17) is 26.3 Å². The number of hydrogen-bond donors (Lipinski definition) is 1. The molecular weight excluding hydrogens is 452 g/mol. The van der Waals surface area contributed by atoms with Gasteiger partial charge in [0.2, 0.25) is 0 Å². The Hall–Kier alpha value is -3.04. The number of nitrogens with one attached hydrogen (secondary N) is 1. The molecule has 0 bridgehead atoms. The first-order valence-electron chi connectivity index (χ1n) is 11.4. The Bertz CT molecular complexity index is 1060. The molecule has 0 saturated heterocycles. The van der Waals surface area contributed by atoms with Gasteiger partial charge in [0.1, 0.15) is 30.0 Å². The Kier molecular flexibility index (Phi) is 7.89. The summed E-state index contributed by atoms with van der Waals surface area (Å²) in [5, 5.41) is 12.6. The van der Waals surface area contributed by atoms with Crippen LogP contribution in [0.5, 0.6) is 11.5 Å². The second-order valence-corrected chi connectivity index (χ2v) is 10.2. The Labute approximate surface area is 206 Å². The smallest absolute Gasteiger partial charge is 0.251 e. The van der Waals surface area contributed by atoms with Crippen LogP contribution in [-0.2, 0) is 4.79 Å². The third-order valence-electron chi connectivity index (χ3n) is 6.53. The predicted molar refractivity (Wildman–Crippen MR) is 131 cm³/mol. The van der Waals surface area contributed by atoms with Crippen molar-refractivity contribution in [1.29, 1.82) is 5.26 Å². The van der Waals surface area contributed by atoms with E-state index in [1.54, 1.807) is 42.5 Å². The number of carbonyl (C=O) groups excluding carboxylic acids is 2. The number of aldehydes is 1. The molecule has 0 unspecified atom stereocenters. The fraction of sp³-hybridized carbons (Fsp3) is 0.444. The topological polar surface area (TPSA) is 88.4 Å². The Balaban J connectivity index is 1.61. The molecule has 34 heavy (non-hydrogen) atoms. The molecule has 2 aromatic carbocycles. The highest BCUT2D eigenvalue weighted by Crippen LogP contribution is 2.55. The molecule has 0 heterocycles. The lowest BCUT2D eigenvalue weighted by Gasteiger charge is -2.63. The van der Waals surface area contributed by atoms with Gasteiger partial charge in [-0.15, -0.1) is 0 Å². The first-order valence-corrected chi connectivity index (χ1v) is 11.8. The molecule has 180 valence electrons. The second kappa shape index (κ2) is 10.5. The molecule has 1 amide bonds. The summed E-state index contributed by atoms with van der Waals surface area (Å²) in [5.41, 5.74) is 0.303. The Morgan fingerprint density at radius 1 is 1.09 bits per heavy atom. The van der Waals surface area contributed by atoms with E-state index in [-0.39, 0.29) is 28.9 Å². The van der Waals surface area contributed by atoms with Crippen LogP contribution in [0.3, 0.4) is 0 Å². The van der Waals surface area contributed by atoms with E-state index in [1.165, 1.54) is 0 Å². The van der Waals surface area contributed by atoms with Gasteiger partial charge in [-0.05, 0) is 49.2 Å². The number of rotatable bonds is 10. The molecule has 3 rings (SSSR count). The van der Waals surface area contributed by atoms with Crippen molar-refractivity contribution in [2.45, 2.75) is 59.1 Å². The van der Waals surface area contributed by atoms with Crippen molar-refractivity contribution in [1.82, 2.24) is 5.32 Å². The van der Waals surface area contributed by atoms with Crippen molar-refractivity contribution in [3.8, 4) is 17.6 Å². The van der Waals surface area contributed by atoms with Crippen LogP contribution in [0.25, 0.3) is 0 Å². The first-order chi connectivity index (χ1) is 16.1. The number of amides is 1. The van der Waals surface area contributed by atoms with E-state index in [1.807, 2.05) is 6.07 Å². The number of hydrogen-bond acceptors (Lipinski definition) is 5. The molecule has 0 aromatic heterocycles. The third-order valence-corrected chi connectivity index (χ3v) is 6.84. The van der Waals surface area contributed by atoms with E-state index >= 15 is 0 Å². The quantitative estimate of drug-likeness (QED) is 0.353. The van der Waals surface area contributed by atoms with Crippen molar-refractivity contribution < 1.29 is 19.1 Å². The molecule has 0 aliphatic heterocycles. The van der Waals surface area contributed by atoms with Gasteiger partial charge in [0.05, 0.1) is 17.2 Å². The van der Waals surface area contributed by atoms with Gasteiger partial charge >= 0.3 is 0 Å². The number of ether oxygens (including phenoxy) is 2. The second-order valence-electron chi connectivity index (χ2n) is 9.84. The first kappa shape index (κ1) is 25.6. The summed E-state index contributed by atoms with van der Waals surface area (Å²) in [6, 6.07) is 14.1. The van der Waals surface area contributed by atoms with Gasteiger partial charge in [-0.3, -0.25) is 4.79 Å². The summed E-state index contributed by atoms with van der Waals surface area (Å²) in [5.74, 6) is 1.15. The van der Waals surface area contributed by atoms with Crippen LogP contribution in [0.2, 0.25) is 5.02 Å². The average molecular weight is 483 g/mol. The zero-order chi connectivity index (χ0) is 24.9. The fourth-order valence-electron chi connectivity index (χ4n) is 5.03. The van der Waals surface area contributed by atoms with Crippen LogP contribution in [-0.4, -0.2) is 30.9 Å². The molecule has 1 aliphatic rings. The average Bonchev–Trinajstić information content (AvgIpc) is 2.81. The van der Waals surface area contributed by atoms with Gasteiger partial charge in [0.15, 0.2) is 0 Å². The number of nitriles is 1. The summed E-state index contributed by atoms with van der Waals surface area (Å²) in [4.78, 5) is 23.3. The standard InChI is InChI=1S/C27H31ClN2O4/c1-26(2)24(27(3,4)25(26)34-21-13-10-19(17-29)22(28)16-21)30-23(32)18-8-11-20(12-9-18)33-15-7-5-6-14-31/h8-14,16,24-25H,5-7,15H2,1-4H3,(H,30,32). The zero-order valence-corrected chi connectivity index (χ0v) is 20.8. The number of unbranched alkanes of at least 4 members (excludes halogenated alkanes) is 2. The minimum Gasteiger partial charge on any atom is -0.494 e. The van der Waals surface area contributed by atoms with Crippen molar-refractivity contribution in [3.05, 3.63) is 58.6 Å². The van der Waals surface area contributed by atoms with E-state index in [0.717, 1.165) is 19.1 Å². The summed E-state index contributed by atoms with van der Waals surface area (Å²) in [6.45, 7) is 8.82. The lowest BCUT2D eigenvalue weighted by molar-refractivity contribution is -0.164. The third kappa shape index (κ3) is 5.37. The molecule has 0 atom stereocenters.